The number of benzene rings is 1. The Kier molecular flexibility index (Phi) is 1.84. The van der Waals surface area contributed by atoms with Gasteiger partial charge in [0, 0.05) is 17.5 Å². The van der Waals surface area contributed by atoms with Crippen molar-refractivity contribution < 1.29 is 0 Å². The van der Waals surface area contributed by atoms with E-state index in [4.69, 9.17) is 0 Å². The smallest absolute Gasteiger partial charge is 0.0520 e. The molecule has 1 nitrogen and oxygen atoms in total. The highest BCUT2D eigenvalue weighted by molar-refractivity contribution is 5.62. The summed E-state index contributed by atoms with van der Waals surface area (Å²) >= 11 is 0. The summed E-state index contributed by atoms with van der Waals surface area (Å²) in [6.45, 7) is 0. The number of fused-ring (bicyclic) bond motifs is 4. The Morgan fingerprint density at radius 1 is 1.12 bits per heavy atom. The fraction of sp³-hybridized carbons (Fsp3) is 0.250. The van der Waals surface area contributed by atoms with Crippen molar-refractivity contribution in [3.05, 3.63) is 65.8 Å². The first-order chi connectivity index (χ1) is 8.42. The van der Waals surface area contributed by atoms with Crippen LogP contribution < -0.4 is 5.32 Å². The van der Waals surface area contributed by atoms with Gasteiger partial charge < -0.3 is 5.32 Å². The predicted octanol–water partition coefficient (Wildman–Crippen LogP) is 3.64. The third-order valence-corrected chi connectivity index (χ3v) is 4.17. The Morgan fingerprint density at radius 3 is 3.06 bits per heavy atom. The predicted molar refractivity (Wildman–Crippen MR) is 71.1 cm³/mol. The van der Waals surface area contributed by atoms with Crippen molar-refractivity contribution in [1.29, 1.82) is 0 Å². The third-order valence-electron chi connectivity index (χ3n) is 4.17. The van der Waals surface area contributed by atoms with Gasteiger partial charge in [-0.15, -0.1) is 0 Å². The highest BCUT2D eigenvalue weighted by Crippen LogP contribution is 2.45. The van der Waals surface area contributed by atoms with Crippen molar-refractivity contribution in [3.8, 4) is 0 Å². The molecule has 17 heavy (non-hydrogen) atoms. The van der Waals surface area contributed by atoms with Gasteiger partial charge in [-0.1, -0.05) is 48.6 Å². The van der Waals surface area contributed by atoms with E-state index in [1.165, 1.54) is 23.2 Å². The Bertz CT molecular complexity index is 550. The zero-order chi connectivity index (χ0) is 11.2. The number of nitrogens with one attached hydrogen (secondary N) is 1. The number of anilines is 1. The summed E-state index contributed by atoms with van der Waals surface area (Å²) in [6.07, 6.45) is 12.6. The van der Waals surface area contributed by atoms with Gasteiger partial charge in [0.15, 0.2) is 0 Å². The average molecular weight is 221 g/mol. The fourth-order valence-corrected chi connectivity index (χ4v) is 3.33. The molecule has 1 heterocycles. The number of para-hydroxylation sites is 1. The van der Waals surface area contributed by atoms with Crippen molar-refractivity contribution in [1.82, 2.24) is 0 Å². The van der Waals surface area contributed by atoms with Crippen molar-refractivity contribution in [2.24, 2.45) is 5.92 Å². The van der Waals surface area contributed by atoms with Gasteiger partial charge in [-0.2, -0.15) is 0 Å². The minimum Gasteiger partial charge on any atom is -0.378 e. The van der Waals surface area contributed by atoms with E-state index in [0.29, 0.717) is 17.9 Å². The molecule has 0 amide bonds. The third kappa shape index (κ3) is 1.32. The van der Waals surface area contributed by atoms with E-state index < -0.39 is 0 Å². The van der Waals surface area contributed by atoms with E-state index in [1.807, 2.05) is 0 Å². The lowest BCUT2D eigenvalue weighted by Gasteiger charge is -2.30. The van der Waals surface area contributed by atoms with Crippen molar-refractivity contribution in [3.63, 3.8) is 0 Å². The molecule has 3 atom stereocenters. The minimum absolute atomic E-state index is 0.495. The highest BCUT2D eigenvalue weighted by atomic mass is 15.0. The van der Waals surface area contributed by atoms with Crippen LogP contribution in [-0.4, -0.2) is 6.04 Å². The molecule has 1 aromatic rings. The molecule has 0 spiro atoms. The van der Waals surface area contributed by atoms with Gasteiger partial charge >= 0.3 is 0 Å². The normalized spacial score (nSPS) is 32.2. The summed E-state index contributed by atoms with van der Waals surface area (Å²) in [5.74, 6) is 1.27. The molecule has 3 aliphatic rings. The summed E-state index contributed by atoms with van der Waals surface area (Å²) < 4.78 is 0. The van der Waals surface area contributed by atoms with E-state index in [1.54, 1.807) is 0 Å². The van der Waals surface area contributed by atoms with E-state index in [-0.39, 0.29) is 0 Å². The van der Waals surface area contributed by atoms with Crippen LogP contribution in [0.1, 0.15) is 17.9 Å². The van der Waals surface area contributed by atoms with Crippen LogP contribution in [0.25, 0.3) is 0 Å². The Hall–Kier alpha value is -1.76. The van der Waals surface area contributed by atoms with Gasteiger partial charge in [-0.25, -0.2) is 0 Å². The highest BCUT2D eigenvalue weighted by Gasteiger charge is 2.36. The summed E-state index contributed by atoms with van der Waals surface area (Å²) in [6, 6.07) is 9.23. The van der Waals surface area contributed by atoms with Crippen molar-refractivity contribution in [2.75, 3.05) is 5.32 Å². The first kappa shape index (κ1) is 9.29. The number of hydrogen-bond acceptors (Lipinski definition) is 1. The molecule has 84 valence electrons. The van der Waals surface area contributed by atoms with Crippen LogP contribution in [-0.2, 0) is 0 Å². The van der Waals surface area contributed by atoms with E-state index in [0.717, 1.165) is 0 Å². The fourth-order valence-electron chi connectivity index (χ4n) is 3.33. The molecule has 0 saturated carbocycles. The zero-order valence-corrected chi connectivity index (χ0v) is 9.64. The van der Waals surface area contributed by atoms with Crippen LogP contribution >= 0.6 is 0 Å². The van der Waals surface area contributed by atoms with Crippen LogP contribution in [0.2, 0.25) is 0 Å². The molecular weight excluding hydrogens is 206 g/mol. The molecular formula is C16H15N. The Balaban J connectivity index is 1.78. The lowest BCUT2D eigenvalue weighted by atomic mass is 9.75. The van der Waals surface area contributed by atoms with Crippen LogP contribution in [0, 0.1) is 5.92 Å². The Morgan fingerprint density at radius 2 is 2.06 bits per heavy atom. The topological polar surface area (TPSA) is 12.0 Å². The molecule has 0 saturated heterocycles. The summed E-state index contributed by atoms with van der Waals surface area (Å²) in [7, 11) is 0. The molecule has 0 aromatic heterocycles. The zero-order valence-electron chi connectivity index (χ0n) is 9.64. The molecule has 0 bridgehead atoms. The van der Waals surface area contributed by atoms with Gasteiger partial charge in [-0.05, 0) is 23.6 Å². The van der Waals surface area contributed by atoms with Crippen molar-refractivity contribution in [2.45, 2.75) is 18.4 Å². The van der Waals surface area contributed by atoms with Crippen LogP contribution in [0.4, 0.5) is 5.69 Å². The second-order valence-electron chi connectivity index (χ2n) is 5.12. The lowest BCUT2D eigenvalue weighted by Crippen LogP contribution is -2.26. The maximum absolute atomic E-state index is 3.64. The van der Waals surface area contributed by atoms with Gasteiger partial charge in [-0.3, -0.25) is 0 Å². The molecule has 2 aliphatic carbocycles. The number of rotatable bonds is 0. The molecule has 3 unspecified atom stereocenters. The summed E-state index contributed by atoms with van der Waals surface area (Å²) in [4.78, 5) is 0. The molecule has 1 heteroatoms. The molecule has 0 fully saturated rings. The molecule has 1 aliphatic heterocycles. The summed E-state index contributed by atoms with van der Waals surface area (Å²) in [5, 5.41) is 3.64. The molecule has 0 radical (unpaired) electrons. The van der Waals surface area contributed by atoms with Crippen LogP contribution in [0.3, 0.4) is 0 Å². The summed E-state index contributed by atoms with van der Waals surface area (Å²) in [5.41, 5.74) is 4.30. The van der Waals surface area contributed by atoms with E-state index >= 15 is 0 Å². The first-order valence-corrected chi connectivity index (χ1v) is 6.34. The first-order valence-electron chi connectivity index (χ1n) is 6.34. The maximum Gasteiger partial charge on any atom is 0.0520 e. The average Bonchev–Trinajstić information content (AvgIpc) is 2.73. The standard InChI is InChI=1S/C16H15N/c1-2-6-12-10-16-14(9-11(12)5-1)13-7-3-4-8-15(13)17-16/h1-8,10-11,14,16-17H,9H2. The molecule has 1 aromatic carbocycles. The largest absolute Gasteiger partial charge is 0.378 e. The maximum atomic E-state index is 3.64. The van der Waals surface area contributed by atoms with E-state index in [9.17, 15) is 0 Å². The van der Waals surface area contributed by atoms with E-state index in [2.05, 4.69) is 60.0 Å². The van der Waals surface area contributed by atoms with Crippen molar-refractivity contribution >= 4 is 5.69 Å². The SMILES string of the molecule is C1=CC2=CC3Nc4ccccc4C3CC2C=C1. The molecule has 1 N–H and O–H groups in total. The lowest BCUT2D eigenvalue weighted by molar-refractivity contribution is 0.518. The van der Waals surface area contributed by atoms with Gasteiger partial charge in [0.25, 0.3) is 0 Å². The van der Waals surface area contributed by atoms with Crippen LogP contribution in [0.15, 0.2) is 60.2 Å². The van der Waals surface area contributed by atoms with Crippen LogP contribution in [0.5, 0.6) is 0 Å². The van der Waals surface area contributed by atoms with Gasteiger partial charge in [0.1, 0.15) is 0 Å². The van der Waals surface area contributed by atoms with Gasteiger partial charge in [0.05, 0.1) is 6.04 Å². The monoisotopic (exact) mass is 221 g/mol. The Labute approximate surface area is 102 Å². The molecule has 4 rings (SSSR count). The quantitative estimate of drug-likeness (QED) is 0.705. The minimum atomic E-state index is 0.495. The second kappa shape index (κ2) is 3.36. The second-order valence-corrected chi connectivity index (χ2v) is 5.12. The number of hydrogen-bond donors (Lipinski definition) is 1. The number of allylic oxidation sites excluding steroid dienone is 5. The van der Waals surface area contributed by atoms with Gasteiger partial charge in [0.2, 0.25) is 0 Å².